The van der Waals surface area contributed by atoms with Crippen molar-refractivity contribution in [1.29, 1.82) is 0 Å². The molecule has 2 amide bonds. The quantitative estimate of drug-likeness (QED) is 0.584. The molecule has 0 saturated carbocycles. The Morgan fingerprint density at radius 2 is 2.16 bits per heavy atom. The number of nitrogens with one attached hydrogen (secondary N) is 1. The summed E-state index contributed by atoms with van der Waals surface area (Å²) in [6, 6.07) is -1.09. The Morgan fingerprint density at radius 1 is 1.47 bits per heavy atom. The molecule has 7 heteroatoms. The van der Waals surface area contributed by atoms with Crippen molar-refractivity contribution in [3.63, 3.8) is 0 Å². The van der Waals surface area contributed by atoms with Crippen LogP contribution in [0, 0.1) is 5.92 Å². The number of aliphatic carboxylic acids is 1. The van der Waals surface area contributed by atoms with Crippen molar-refractivity contribution in [2.45, 2.75) is 44.8 Å². The molecule has 1 heterocycles. The van der Waals surface area contributed by atoms with E-state index in [9.17, 15) is 14.4 Å². The van der Waals surface area contributed by atoms with Crippen molar-refractivity contribution >= 4 is 17.8 Å². The number of carboxylic acid groups (broad SMARTS) is 1. The standard InChI is InChI=1S/C12H20N2O5/c1-2-9-7(5-6-19-9)11(16)14-8(12(17)18)3-4-10(13)15/h7-9H,2-6H2,1H3,(H2,13,15)(H,14,16)(H,17,18). The highest BCUT2D eigenvalue weighted by Gasteiger charge is 2.34. The van der Waals surface area contributed by atoms with Gasteiger partial charge in [-0.05, 0) is 19.3 Å². The van der Waals surface area contributed by atoms with E-state index in [0.29, 0.717) is 19.4 Å². The maximum atomic E-state index is 12.0. The zero-order valence-corrected chi connectivity index (χ0v) is 10.9. The highest BCUT2D eigenvalue weighted by Crippen LogP contribution is 2.23. The zero-order chi connectivity index (χ0) is 14.4. The van der Waals surface area contributed by atoms with Crippen molar-refractivity contribution in [2.24, 2.45) is 11.7 Å². The van der Waals surface area contributed by atoms with E-state index in [2.05, 4.69) is 5.32 Å². The van der Waals surface area contributed by atoms with Gasteiger partial charge < -0.3 is 20.9 Å². The van der Waals surface area contributed by atoms with Gasteiger partial charge in [0.05, 0.1) is 12.0 Å². The molecule has 0 bridgehead atoms. The topological polar surface area (TPSA) is 119 Å². The van der Waals surface area contributed by atoms with Crippen LogP contribution in [0.4, 0.5) is 0 Å². The molecule has 7 nitrogen and oxygen atoms in total. The highest BCUT2D eigenvalue weighted by molar-refractivity contribution is 5.86. The number of hydrogen-bond donors (Lipinski definition) is 3. The van der Waals surface area contributed by atoms with Gasteiger partial charge in [-0.2, -0.15) is 0 Å². The van der Waals surface area contributed by atoms with Crippen LogP contribution in [0.1, 0.15) is 32.6 Å². The largest absolute Gasteiger partial charge is 0.480 e. The molecule has 3 unspecified atom stereocenters. The summed E-state index contributed by atoms with van der Waals surface area (Å²) in [6.45, 7) is 2.42. The monoisotopic (exact) mass is 272 g/mol. The number of amides is 2. The van der Waals surface area contributed by atoms with Crippen LogP contribution in [-0.2, 0) is 19.1 Å². The lowest BCUT2D eigenvalue weighted by molar-refractivity contribution is -0.143. The first-order valence-electron chi connectivity index (χ1n) is 6.38. The maximum Gasteiger partial charge on any atom is 0.326 e. The van der Waals surface area contributed by atoms with E-state index in [1.54, 1.807) is 0 Å². The summed E-state index contributed by atoms with van der Waals surface area (Å²) in [5, 5.41) is 11.5. The molecule has 0 radical (unpaired) electrons. The number of ether oxygens (including phenoxy) is 1. The Balaban J connectivity index is 2.55. The number of carbonyl (C=O) groups excluding carboxylic acids is 2. The van der Waals surface area contributed by atoms with E-state index < -0.39 is 17.9 Å². The second-order valence-electron chi connectivity index (χ2n) is 4.62. The molecule has 1 aliphatic heterocycles. The number of carbonyl (C=O) groups is 3. The predicted octanol–water partition coefficient (Wildman–Crippen LogP) is -0.364. The van der Waals surface area contributed by atoms with Crippen molar-refractivity contribution in [2.75, 3.05) is 6.61 Å². The molecule has 0 aliphatic carbocycles. The highest BCUT2D eigenvalue weighted by atomic mass is 16.5. The van der Waals surface area contributed by atoms with Crippen LogP contribution < -0.4 is 11.1 Å². The van der Waals surface area contributed by atoms with Crippen LogP contribution in [0.3, 0.4) is 0 Å². The smallest absolute Gasteiger partial charge is 0.326 e. The molecule has 19 heavy (non-hydrogen) atoms. The first-order valence-corrected chi connectivity index (χ1v) is 6.38. The molecular weight excluding hydrogens is 252 g/mol. The van der Waals surface area contributed by atoms with E-state index >= 15 is 0 Å². The minimum absolute atomic E-state index is 0.000769. The molecule has 1 fully saturated rings. The van der Waals surface area contributed by atoms with Gasteiger partial charge in [-0.3, -0.25) is 9.59 Å². The van der Waals surface area contributed by atoms with Crippen molar-refractivity contribution in [1.82, 2.24) is 5.32 Å². The molecule has 4 N–H and O–H groups in total. The fourth-order valence-electron chi connectivity index (χ4n) is 2.17. The van der Waals surface area contributed by atoms with Gasteiger partial charge in [-0.1, -0.05) is 6.92 Å². The van der Waals surface area contributed by atoms with Gasteiger partial charge in [0.15, 0.2) is 0 Å². The van der Waals surface area contributed by atoms with Gasteiger partial charge in [-0.25, -0.2) is 4.79 Å². The fourth-order valence-corrected chi connectivity index (χ4v) is 2.17. The minimum atomic E-state index is -1.17. The van der Waals surface area contributed by atoms with E-state index in [1.165, 1.54) is 0 Å². The second-order valence-corrected chi connectivity index (χ2v) is 4.62. The van der Waals surface area contributed by atoms with Gasteiger partial charge in [0.25, 0.3) is 0 Å². The van der Waals surface area contributed by atoms with Crippen molar-refractivity contribution in [3.8, 4) is 0 Å². The lowest BCUT2D eigenvalue weighted by atomic mass is 9.98. The number of hydrogen-bond acceptors (Lipinski definition) is 4. The zero-order valence-electron chi connectivity index (χ0n) is 10.9. The number of rotatable bonds is 7. The third-order valence-corrected chi connectivity index (χ3v) is 3.24. The van der Waals surface area contributed by atoms with Crippen LogP contribution in [0.5, 0.6) is 0 Å². The number of carboxylic acids is 1. The molecule has 0 spiro atoms. The molecule has 1 rings (SSSR count). The number of nitrogens with two attached hydrogens (primary N) is 1. The average molecular weight is 272 g/mol. The van der Waals surface area contributed by atoms with Crippen molar-refractivity contribution < 1.29 is 24.2 Å². The summed E-state index contributed by atoms with van der Waals surface area (Å²) in [4.78, 5) is 33.7. The second kappa shape index (κ2) is 7.08. The minimum Gasteiger partial charge on any atom is -0.480 e. The SMILES string of the molecule is CCC1OCCC1C(=O)NC(CCC(N)=O)C(=O)O. The van der Waals surface area contributed by atoms with Crippen LogP contribution >= 0.6 is 0 Å². The van der Waals surface area contributed by atoms with Gasteiger partial charge in [0.2, 0.25) is 11.8 Å². The third-order valence-electron chi connectivity index (χ3n) is 3.24. The molecule has 108 valence electrons. The fraction of sp³-hybridized carbons (Fsp3) is 0.750. The van der Waals surface area contributed by atoms with Gasteiger partial charge >= 0.3 is 5.97 Å². The summed E-state index contributed by atoms with van der Waals surface area (Å²) in [5.41, 5.74) is 4.97. The van der Waals surface area contributed by atoms with E-state index in [4.69, 9.17) is 15.6 Å². The Labute approximate surface area is 111 Å². The van der Waals surface area contributed by atoms with Crippen LogP contribution in [0.15, 0.2) is 0 Å². The first kappa shape index (κ1) is 15.4. The lowest BCUT2D eigenvalue weighted by Gasteiger charge is -2.20. The summed E-state index contributed by atoms with van der Waals surface area (Å²) in [7, 11) is 0. The van der Waals surface area contributed by atoms with Gasteiger partial charge in [-0.15, -0.1) is 0 Å². The summed E-state index contributed by atoms with van der Waals surface area (Å²) < 4.78 is 5.39. The predicted molar refractivity (Wildman–Crippen MR) is 66.1 cm³/mol. The van der Waals surface area contributed by atoms with E-state index in [-0.39, 0.29) is 30.8 Å². The van der Waals surface area contributed by atoms with Gasteiger partial charge in [0.1, 0.15) is 6.04 Å². The Kier molecular flexibility index (Phi) is 5.75. The number of primary amides is 1. The van der Waals surface area contributed by atoms with Crippen LogP contribution in [-0.4, -0.2) is 41.6 Å². The first-order chi connectivity index (χ1) is 8.95. The van der Waals surface area contributed by atoms with Crippen molar-refractivity contribution in [3.05, 3.63) is 0 Å². The van der Waals surface area contributed by atoms with Gasteiger partial charge in [0, 0.05) is 13.0 Å². The average Bonchev–Trinajstić information content (AvgIpc) is 2.81. The van der Waals surface area contributed by atoms with E-state index in [0.717, 1.165) is 0 Å². The normalized spacial score (nSPS) is 23.8. The lowest BCUT2D eigenvalue weighted by Crippen LogP contribution is -2.45. The molecule has 1 aliphatic rings. The Hall–Kier alpha value is -1.63. The van der Waals surface area contributed by atoms with Crippen LogP contribution in [0.2, 0.25) is 0 Å². The summed E-state index contributed by atoms with van der Waals surface area (Å²) in [5.74, 6) is -2.40. The maximum absolute atomic E-state index is 12.0. The molecule has 0 aromatic carbocycles. The Morgan fingerprint density at radius 3 is 2.68 bits per heavy atom. The Bertz CT molecular complexity index is 358. The van der Waals surface area contributed by atoms with Crippen LogP contribution in [0.25, 0.3) is 0 Å². The summed E-state index contributed by atoms with van der Waals surface area (Å²) in [6.07, 6.45) is 1.06. The molecular formula is C12H20N2O5. The molecule has 0 aromatic heterocycles. The third kappa shape index (κ3) is 4.51. The van der Waals surface area contributed by atoms with E-state index in [1.807, 2.05) is 6.92 Å². The molecule has 3 atom stereocenters. The molecule has 1 saturated heterocycles. The molecule has 0 aromatic rings. The summed E-state index contributed by atoms with van der Waals surface area (Å²) >= 11 is 0.